The molecule has 1 unspecified atom stereocenters. The van der Waals surface area contributed by atoms with Crippen LogP contribution in [0.25, 0.3) is 16.9 Å². The van der Waals surface area contributed by atoms with Gasteiger partial charge in [0.1, 0.15) is 5.75 Å². The molecule has 1 fully saturated rings. The standard InChI is InChI=1S/C24H28N4O2/c1-18-7-5-14-27(18)15-6-16-30-21-11-9-20(10-12-21)22-17-24(29)28(26-19(22)2)23-8-3-4-13-25-23/h3-4,8-13,17-18H,5-7,14-16H2,1-2H3. The monoisotopic (exact) mass is 404 g/mol. The zero-order valence-corrected chi connectivity index (χ0v) is 17.6. The number of hydrogen-bond acceptors (Lipinski definition) is 5. The lowest BCUT2D eigenvalue weighted by Gasteiger charge is -2.20. The second kappa shape index (κ2) is 9.22. The van der Waals surface area contributed by atoms with E-state index in [1.165, 1.54) is 24.1 Å². The highest BCUT2D eigenvalue weighted by molar-refractivity contribution is 5.66. The maximum absolute atomic E-state index is 12.6. The Morgan fingerprint density at radius 3 is 2.70 bits per heavy atom. The molecule has 1 aliphatic heterocycles. The van der Waals surface area contributed by atoms with Crippen LogP contribution in [0.1, 0.15) is 31.9 Å². The van der Waals surface area contributed by atoms with Crippen molar-refractivity contribution in [3.63, 3.8) is 0 Å². The Bertz CT molecular complexity index is 1030. The van der Waals surface area contributed by atoms with E-state index in [1.54, 1.807) is 18.3 Å². The van der Waals surface area contributed by atoms with Gasteiger partial charge in [-0.3, -0.25) is 4.79 Å². The summed E-state index contributed by atoms with van der Waals surface area (Å²) in [6.45, 7) is 7.22. The van der Waals surface area contributed by atoms with Crippen molar-refractivity contribution >= 4 is 0 Å². The zero-order valence-electron chi connectivity index (χ0n) is 17.6. The molecule has 1 aliphatic rings. The molecular weight excluding hydrogens is 376 g/mol. The Morgan fingerprint density at radius 2 is 2.00 bits per heavy atom. The van der Waals surface area contributed by atoms with E-state index in [0.29, 0.717) is 18.5 Å². The third-order valence-electron chi connectivity index (χ3n) is 5.70. The van der Waals surface area contributed by atoms with Gasteiger partial charge in [0, 0.05) is 30.4 Å². The predicted octanol–water partition coefficient (Wildman–Crippen LogP) is 3.86. The fraction of sp³-hybridized carbons (Fsp3) is 0.375. The Kier molecular flexibility index (Phi) is 6.23. The molecular formula is C24H28N4O2. The van der Waals surface area contributed by atoms with Gasteiger partial charge in [-0.05, 0) is 69.5 Å². The van der Waals surface area contributed by atoms with Crippen molar-refractivity contribution in [2.24, 2.45) is 0 Å². The Hall–Kier alpha value is -2.99. The molecule has 0 aliphatic carbocycles. The topological polar surface area (TPSA) is 60.3 Å². The van der Waals surface area contributed by atoms with Crippen molar-refractivity contribution in [3.05, 3.63) is 70.8 Å². The number of benzene rings is 1. The van der Waals surface area contributed by atoms with Gasteiger partial charge in [-0.25, -0.2) is 4.98 Å². The summed E-state index contributed by atoms with van der Waals surface area (Å²) in [6.07, 6.45) is 5.30. The van der Waals surface area contributed by atoms with Crippen LogP contribution in [0.4, 0.5) is 0 Å². The molecule has 6 nitrogen and oxygen atoms in total. The summed E-state index contributed by atoms with van der Waals surface area (Å²) in [7, 11) is 0. The Morgan fingerprint density at radius 1 is 1.17 bits per heavy atom. The highest BCUT2D eigenvalue weighted by atomic mass is 16.5. The third kappa shape index (κ3) is 4.60. The van der Waals surface area contributed by atoms with Crippen LogP contribution >= 0.6 is 0 Å². The van der Waals surface area contributed by atoms with Crippen LogP contribution in [-0.4, -0.2) is 45.4 Å². The van der Waals surface area contributed by atoms with Gasteiger partial charge in [-0.2, -0.15) is 9.78 Å². The first-order valence-corrected chi connectivity index (χ1v) is 10.6. The first-order valence-electron chi connectivity index (χ1n) is 10.6. The Balaban J connectivity index is 1.40. The van der Waals surface area contributed by atoms with Crippen LogP contribution in [0.15, 0.2) is 59.5 Å². The van der Waals surface area contributed by atoms with Crippen LogP contribution in [0, 0.1) is 6.92 Å². The van der Waals surface area contributed by atoms with Crippen LogP contribution in [0.5, 0.6) is 5.75 Å². The summed E-state index contributed by atoms with van der Waals surface area (Å²) < 4.78 is 7.24. The van der Waals surface area contributed by atoms with Gasteiger partial charge >= 0.3 is 0 Å². The average molecular weight is 405 g/mol. The summed E-state index contributed by atoms with van der Waals surface area (Å²) in [4.78, 5) is 19.3. The second-order valence-corrected chi connectivity index (χ2v) is 7.84. The highest BCUT2D eigenvalue weighted by Crippen LogP contribution is 2.24. The van der Waals surface area contributed by atoms with Gasteiger partial charge < -0.3 is 9.64 Å². The first-order chi connectivity index (χ1) is 14.6. The molecule has 0 saturated carbocycles. The molecule has 0 amide bonds. The zero-order chi connectivity index (χ0) is 20.9. The summed E-state index contributed by atoms with van der Waals surface area (Å²) in [5, 5.41) is 4.45. The maximum Gasteiger partial charge on any atom is 0.273 e. The molecule has 0 radical (unpaired) electrons. The van der Waals surface area contributed by atoms with Gasteiger partial charge in [-0.15, -0.1) is 0 Å². The number of ether oxygens (including phenoxy) is 1. The van der Waals surface area contributed by atoms with E-state index in [4.69, 9.17) is 4.74 Å². The predicted molar refractivity (Wildman–Crippen MR) is 118 cm³/mol. The molecule has 0 bridgehead atoms. The van der Waals surface area contributed by atoms with Gasteiger partial charge in [-0.1, -0.05) is 18.2 Å². The number of hydrogen-bond donors (Lipinski definition) is 0. The fourth-order valence-corrected chi connectivity index (χ4v) is 3.99. The minimum Gasteiger partial charge on any atom is -0.494 e. The van der Waals surface area contributed by atoms with Crippen molar-refractivity contribution in [2.75, 3.05) is 19.7 Å². The molecule has 4 rings (SSSR count). The smallest absolute Gasteiger partial charge is 0.273 e. The lowest BCUT2D eigenvalue weighted by molar-refractivity contribution is 0.230. The van der Waals surface area contributed by atoms with Crippen molar-refractivity contribution in [1.82, 2.24) is 19.7 Å². The highest BCUT2D eigenvalue weighted by Gasteiger charge is 2.19. The van der Waals surface area contributed by atoms with Gasteiger partial charge in [0.2, 0.25) is 0 Å². The number of likely N-dealkylation sites (tertiary alicyclic amines) is 1. The molecule has 1 atom stereocenters. The quantitative estimate of drug-likeness (QED) is 0.560. The average Bonchev–Trinajstić information content (AvgIpc) is 3.18. The molecule has 30 heavy (non-hydrogen) atoms. The van der Waals surface area contributed by atoms with Crippen LogP contribution in [-0.2, 0) is 0 Å². The number of nitrogens with zero attached hydrogens (tertiary/aromatic N) is 4. The van der Waals surface area contributed by atoms with E-state index >= 15 is 0 Å². The van der Waals surface area contributed by atoms with E-state index in [-0.39, 0.29) is 5.56 Å². The van der Waals surface area contributed by atoms with Crippen molar-refractivity contribution < 1.29 is 4.74 Å². The van der Waals surface area contributed by atoms with E-state index in [9.17, 15) is 4.79 Å². The SMILES string of the molecule is Cc1nn(-c2ccccn2)c(=O)cc1-c1ccc(OCCCN2CCCC2C)cc1. The maximum atomic E-state index is 12.6. The molecule has 6 heteroatoms. The van der Waals surface area contributed by atoms with E-state index < -0.39 is 0 Å². The summed E-state index contributed by atoms with van der Waals surface area (Å²) in [5.41, 5.74) is 2.34. The molecule has 0 spiro atoms. The molecule has 1 aromatic carbocycles. The number of pyridine rings is 1. The van der Waals surface area contributed by atoms with Crippen LogP contribution < -0.4 is 10.3 Å². The molecule has 2 aromatic heterocycles. The third-order valence-corrected chi connectivity index (χ3v) is 5.70. The Labute approximate surface area is 177 Å². The van der Waals surface area contributed by atoms with Gasteiger partial charge in [0.05, 0.1) is 12.3 Å². The van der Waals surface area contributed by atoms with E-state index in [1.807, 2.05) is 43.3 Å². The largest absolute Gasteiger partial charge is 0.494 e. The summed E-state index contributed by atoms with van der Waals surface area (Å²) in [6, 6.07) is 15.6. The van der Waals surface area contributed by atoms with Gasteiger partial charge in [0.15, 0.2) is 5.82 Å². The first kappa shape index (κ1) is 20.3. The number of rotatable bonds is 7. The molecule has 3 heterocycles. The summed E-state index contributed by atoms with van der Waals surface area (Å²) >= 11 is 0. The molecule has 1 saturated heterocycles. The lowest BCUT2D eigenvalue weighted by atomic mass is 10.1. The van der Waals surface area contributed by atoms with Crippen LogP contribution in [0.2, 0.25) is 0 Å². The van der Waals surface area contributed by atoms with Crippen molar-refractivity contribution in [2.45, 2.75) is 39.2 Å². The van der Waals surface area contributed by atoms with E-state index in [2.05, 4.69) is 21.9 Å². The molecule has 156 valence electrons. The minimum absolute atomic E-state index is 0.203. The summed E-state index contributed by atoms with van der Waals surface area (Å²) in [5.74, 6) is 1.37. The normalized spacial score (nSPS) is 16.7. The lowest BCUT2D eigenvalue weighted by Crippen LogP contribution is -2.28. The van der Waals surface area contributed by atoms with Crippen LogP contribution in [0.3, 0.4) is 0 Å². The fourth-order valence-electron chi connectivity index (χ4n) is 3.99. The number of aryl methyl sites for hydroxylation is 1. The number of aromatic nitrogens is 3. The second-order valence-electron chi connectivity index (χ2n) is 7.84. The van der Waals surface area contributed by atoms with Gasteiger partial charge in [0.25, 0.3) is 5.56 Å². The molecule has 3 aromatic rings. The minimum atomic E-state index is -0.203. The molecule has 0 N–H and O–H groups in total. The van der Waals surface area contributed by atoms with Crippen molar-refractivity contribution in [1.29, 1.82) is 0 Å². The van der Waals surface area contributed by atoms with E-state index in [0.717, 1.165) is 35.5 Å². The van der Waals surface area contributed by atoms with Crippen molar-refractivity contribution in [3.8, 4) is 22.7 Å².